The molecule has 0 spiro atoms. The fourth-order valence-electron chi connectivity index (χ4n) is 2.87. The van der Waals surface area contributed by atoms with Gasteiger partial charge in [0, 0.05) is 36.4 Å². The second-order valence-electron chi connectivity index (χ2n) is 4.97. The van der Waals surface area contributed by atoms with Gasteiger partial charge in [-0.2, -0.15) is 0 Å². The van der Waals surface area contributed by atoms with E-state index < -0.39 is 0 Å². The molecular formula is C12H15Cl2N3. The van der Waals surface area contributed by atoms with Gasteiger partial charge in [0.15, 0.2) is 0 Å². The molecule has 1 aromatic heterocycles. The predicted octanol–water partition coefficient (Wildman–Crippen LogP) is 2.04. The Hall–Kier alpha value is -0.350. The maximum atomic E-state index is 6.17. The van der Waals surface area contributed by atoms with E-state index in [2.05, 4.69) is 15.2 Å². The summed E-state index contributed by atoms with van der Waals surface area (Å²) in [5.41, 5.74) is 1.07. The van der Waals surface area contributed by atoms with Gasteiger partial charge in [0.05, 0.1) is 0 Å². The summed E-state index contributed by atoms with van der Waals surface area (Å²) in [5.74, 6) is 1.63. The number of nitrogens with zero attached hydrogens (tertiary/aromatic N) is 2. The van der Waals surface area contributed by atoms with Crippen LogP contribution in [-0.2, 0) is 6.54 Å². The van der Waals surface area contributed by atoms with Crippen molar-refractivity contribution in [1.29, 1.82) is 0 Å². The second-order valence-corrected chi connectivity index (χ2v) is 5.77. The quantitative estimate of drug-likeness (QED) is 0.835. The number of hydrogen-bond donors (Lipinski definition) is 1. The molecule has 3 heterocycles. The first-order valence-corrected chi connectivity index (χ1v) is 6.71. The first kappa shape index (κ1) is 11.7. The molecule has 1 N–H and O–H groups in total. The van der Waals surface area contributed by atoms with Crippen molar-refractivity contribution < 1.29 is 0 Å². The highest BCUT2D eigenvalue weighted by Crippen LogP contribution is 2.29. The molecule has 2 aliphatic rings. The van der Waals surface area contributed by atoms with Gasteiger partial charge in [-0.1, -0.05) is 23.2 Å². The lowest BCUT2D eigenvalue weighted by atomic mass is 10.0. The SMILES string of the molecule is Clc1cc(Cl)c(CN2C[C@H]3CNC[C@H]3C2)cn1. The highest BCUT2D eigenvalue weighted by Gasteiger charge is 2.35. The Morgan fingerprint density at radius 1 is 1.29 bits per heavy atom. The van der Waals surface area contributed by atoms with E-state index in [0.717, 1.165) is 55.1 Å². The number of fused-ring (bicyclic) bond motifs is 1. The summed E-state index contributed by atoms with van der Waals surface area (Å²) in [7, 11) is 0. The maximum Gasteiger partial charge on any atom is 0.130 e. The molecule has 2 fully saturated rings. The molecule has 2 atom stereocenters. The zero-order valence-corrected chi connectivity index (χ0v) is 11.0. The lowest BCUT2D eigenvalue weighted by Crippen LogP contribution is -2.25. The van der Waals surface area contributed by atoms with Crippen LogP contribution in [0, 0.1) is 11.8 Å². The van der Waals surface area contributed by atoms with E-state index >= 15 is 0 Å². The first-order valence-electron chi connectivity index (χ1n) is 5.95. The predicted molar refractivity (Wildman–Crippen MR) is 69.4 cm³/mol. The zero-order chi connectivity index (χ0) is 11.8. The van der Waals surface area contributed by atoms with Gasteiger partial charge < -0.3 is 5.32 Å². The van der Waals surface area contributed by atoms with Crippen molar-refractivity contribution in [3.05, 3.63) is 28.0 Å². The minimum Gasteiger partial charge on any atom is -0.316 e. The molecular weight excluding hydrogens is 257 g/mol. The highest BCUT2D eigenvalue weighted by molar-refractivity contribution is 6.34. The lowest BCUT2D eigenvalue weighted by Gasteiger charge is -2.17. The van der Waals surface area contributed by atoms with Crippen LogP contribution in [0.3, 0.4) is 0 Å². The Bertz CT molecular complexity index is 412. The van der Waals surface area contributed by atoms with Crippen LogP contribution in [0.4, 0.5) is 0 Å². The van der Waals surface area contributed by atoms with E-state index in [-0.39, 0.29) is 0 Å². The van der Waals surface area contributed by atoms with Crippen LogP contribution < -0.4 is 5.32 Å². The molecule has 1 aromatic rings. The molecule has 17 heavy (non-hydrogen) atoms. The number of rotatable bonds is 2. The minimum atomic E-state index is 0.459. The Labute approximate surface area is 111 Å². The molecule has 0 bridgehead atoms. The largest absolute Gasteiger partial charge is 0.316 e. The molecule has 0 saturated carbocycles. The first-order chi connectivity index (χ1) is 8.22. The number of likely N-dealkylation sites (tertiary alicyclic amines) is 1. The summed E-state index contributed by atoms with van der Waals surface area (Å²) in [6, 6.07) is 1.72. The smallest absolute Gasteiger partial charge is 0.130 e. The normalized spacial score (nSPS) is 28.6. The monoisotopic (exact) mass is 271 g/mol. The topological polar surface area (TPSA) is 28.2 Å². The molecule has 5 heteroatoms. The Morgan fingerprint density at radius 2 is 2.00 bits per heavy atom. The third-order valence-corrected chi connectivity index (χ3v) is 4.31. The highest BCUT2D eigenvalue weighted by atomic mass is 35.5. The van der Waals surface area contributed by atoms with Crippen LogP contribution in [0.5, 0.6) is 0 Å². The van der Waals surface area contributed by atoms with Gasteiger partial charge >= 0.3 is 0 Å². The molecule has 0 aromatic carbocycles. The van der Waals surface area contributed by atoms with Crippen molar-refractivity contribution in [2.24, 2.45) is 11.8 Å². The van der Waals surface area contributed by atoms with Crippen LogP contribution in [0.1, 0.15) is 5.56 Å². The van der Waals surface area contributed by atoms with Crippen molar-refractivity contribution in [2.45, 2.75) is 6.54 Å². The second kappa shape index (κ2) is 4.73. The molecule has 0 aliphatic carbocycles. The third-order valence-electron chi connectivity index (χ3n) is 3.76. The van der Waals surface area contributed by atoms with E-state index in [1.165, 1.54) is 0 Å². The van der Waals surface area contributed by atoms with E-state index in [0.29, 0.717) is 5.15 Å². The van der Waals surface area contributed by atoms with Gasteiger partial charge in [-0.05, 0) is 31.0 Å². The molecule has 2 saturated heterocycles. The van der Waals surface area contributed by atoms with Crippen molar-refractivity contribution in [2.75, 3.05) is 26.2 Å². The van der Waals surface area contributed by atoms with Gasteiger partial charge in [0.2, 0.25) is 0 Å². The van der Waals surface area contributed by atoms with Crippen molar-refractivity contribution in [3.63, 3.8) is 0 Å². The summed E-state index contributed by atoms with van der Waals surface area (Å²) in [5, 5.41) is 4.63. The fraction of sp³-hybridized carbons (Fsp3) is 0.583. The molecule has 0 amide bonds. The van der Waals surface area contributed by atoms with Crippen LogP contribution >= 0.6 is 23.2 Å². The van der Waals surface area contributed by atoms with Crippen LogP contribution in [0.15, 0.2) is 12.3 Å². The van der Waals surface area contributed by atoms with Crippen molar-refractivity contribution in [3.8, 4) is 0 Å². The molecule has 92 valence electrons. The summed E-state index contributed by atoms with van der Waals surface area (Å²) in [6.45, 7) is 5.53. The average molecular weight is 272 g/mol. The average Bonchev–Trinajstić information content (AvgIpc) is 2.82. The Balaban J connectivity index is 1.67. The fourth-order valence-corrected chi connectivity index (χ4v) is 3.30. The summed E-state index contributed by atoms with van der Waals surface area (Å²) >= 11 is 12.0. The van der Waals surface area contributed by atoms with Gasteiger partial charge in [-0.25, -0.2) is 4.98 Å². The number of nitrogens with one attached hydrogen (secondary N) is 1. The Kier molecular flexibility index (Phi) is 3.26. The molecule has 3 nitrogen and oxygen atoms in total. The summed E-state index contributed by atoms with van der Waals surface area (Å²) in [6.07, 6.45) is 1.79. The minimum absolute atomic E-state index is 0.459. The van der Waals surface area contributed by atoms with E-state index in [9.17, 15) is 0 Å². The Morgan fingerprint density at radius 3 is 2.65 bits per heavy atom. The molecule has 0 unspecified atom stereocenters. The zero-order valence-electron chi connectivity index (χ0n) is 9.50. The lowest BCUT2D eigenvalue weighted by molar-refractivity contribution is 0.305. The van der Waals surface area contributed by atoms with Crippen LogP contribution in [-0.4, -0.2) is 36.1 Å². The number of halogens is 2. The van der Waals surface area contributed by atoms with Crippen LogP contribution in [0.2, 0.25) is 10.2 Å². The van der Waals surface area contributed by atoms with Gasteiger partial charge in [-0.15, -0.1) is 0 Å². The molecule has 0 radical (unpaired) electrons. The van der Waals surface area contributed by atoms with Crippen molar-refractivity contribution >= 4 is 23.2 Å². The number of hydrogen-bond acceptors (Lipinski definition) is 3. The van der Waals surface area contributed by atoms with E-state index in [4.69, 9.17) is 23.2 Å². The number of aromatic nitrogens is 1. The number of pyridine rings is 1. The van der Waals surface area contributed by atoms with E-state index in [1.807, 2.05) is 0 Å². The molecule has 2 aliphatic heterocycles. The standard InChI is InChI=1S/C12H15Cl2N3/c13-11-1-12(14)16-4-10(11)7-17-5-8-2-15-3-9(8)6-17/h1,4,8-9,15H,2-3,5-7H2/t8-,9+. The van der Waals surface area contributed by atoms with E-state index in [1.54, 1.807) is 12.3 Å². The van der Waals surface area contributed by atoms with Gasteiger partial charge in [0.25, 0.3) is 0 Å². The summed E-state index contributed by atoms with van der Waals surface area (Å²) < 4.78 is 0. The maximum absolute atomic E-state index is 6.17. The summed E-state index contributed by atoms with van der Waals surface area (Å²) in [4.78, 5) is 6.56. The van der Waals surface area contributed by atoms with Gasteiger partial charge in [0.1, 0.15) is 5.15 Å². The van der Waals surface area contributed by atoms with Crippen molar-refractivity contribution in [1.82, 2.24) is 15.2 Å². The molecule has 3 rings (SSSR count). The van der Waals surface area contributed by atoms with Crippen LogP contribution in [0.25, 0.3) is 0 Å². The third kappa shape index (κ3) is 2.43. The van der Waals surface area contributed by atoms with Gasteiger partial charge in [-0.3, -0.25) is 4.90 Å².